The topological polar surface area (TPSA) is 30.5 Å². The molecule has 88 valence electrons. The van der Waals surface area contributed by atoms with Crippen LogP contribution in [-0.2, 0) is 4.74 Å². The van der Waals surface area contributed by atoms with E-state index in [2.05, 4.69) is 12.2 Å². The summed E-state index contributed by atoms with van der Waals surface area (Å²) in [4.78, 5) is 0. The van der Waals surface area contributed by atoms with Crippen LogP contribution in [-0.4, -0.2) is 31.9 Å². The van der Waals surface area contributed by atoms with Gasteiger partial charge in [0.1, 0.15) is 12.7 Å². The highest BCUT2D eigenvalue weighted by molar-refractivity contribution is 5.23. The van der Waals surface area contributed by atoms with Gasteiger partial charge in [0.05, 0.1) is 6.61 Å². The molecule has 1 aliphatic heterocycles. The van der Waals surface area contributed by atoms with Crippen molar-refractivity contribution in [3.05, 3.63) is 30.1 Å². The second-order valence-corrected chi connectivity index (χ2v) is 4.01. The van der Waals surface area contributed by atoms with Gasteiger partial charge in [0.15, 0.2) is 11.6 Å². The minimum absolute atomic E-state index is 0.00388. The van der Waals surface area contributed by atoms with Crippen LogP contribution in [0.4, 0.5) is 4.39 Å². The van der Waals surface area contributed by atoms with Gasteiger partial charge in [-0.15, -0.1) is 0 Å². The van der Waals surface area contributed by atoms with Gasteiger partial charge in [-0.25, -0.2) is 4.39 Å². The van der Waals surface area contributed by atoms with Crippen LogP contribution in [0.15, 0.2) is 24.3 Å². The Morgan fingerprint density at radius 2 is 2.31 bits per heavy atom. The highest BCUT2D eigenvalue weighted by Crippen LogP contribution is 2.16. The molecular formula is C12H16FNO2. The smallest absolute Gasteiger partial charge is 0.165 e. The fourth-order valence-electron chi connectivity index (χ4n) is 1.58. The molecule has 1 aromatic carbocycles. The molecule has 0 aliphatic carbocycles. The molecule has 3 nitrogen and oxygen atoms in total. The molecule has 1 aromatic rings. The molecule has 1 aliphatic rings. The summed E-state index contributed by atoms with van der Waals surface area (Å²) >= 11 is 0. The molecule has 0 radical (unpaired) electrons. The van der Waals surface area contributed by atoms with E-state index in [0.29, 0.717) is 19.3 Å². The van der Waals surface area contributed by atoms with E-state index >= 15 is 0 Å². The number of rotatable bonds is 3. The number of para-hydroxylation sites is 1. The van der Waals surface area contributed by atoms with Gasteiger partial charge in [-0.05, 0) is 19.1 Å². The van der Waals surface area contributed by atoms with Crippen molar-refractivity contribution in [3.8, 4) is 5.75 Å². The second kappa shape index (κ2) is 5.27. The lowest BCUT2D eigenvalue weighted by atomic mass is 10.2. The first-order valence-electron chi connectivity index (χ1n) is 5.48. The Morgan fingerprint density at radius 3 is 3.00 bits per heavy atom. The van der Waals surface area contributed by atoms with Crippen LogP contribution in [0.5, 0.6) is 5.75 Å². The third-order valence-electron chi connectivity index (χ3n) is 2.54. The minimum atomic E-state index is -0.334. The van der Waals surface area contributed by atoms with Crippen LogP contribution in [0, 0.1) is 5.82 Å². The molecule has 2 rings (SSSR count). The van der Waals surface area contributed by atoms with Gasteiger partial charge in [-0.3, -0.25) is 0 Å². The first kappa shape index (κ1) is 11.4. The maximum absolute atomic E-state index is 13.2. The number of hydrogen-bond acceptors (Lipinski definition) is 3. The number of halogens is 1. The summed E-state index contributed by atoms with van der Waals surface area (Å²) in [5.74, 6) is -0.0515. The molecular weight excluding hydrogens is 209 g/mol. The lowest BCUT2D eigenvalue weighted by Crippen LogP contribution is -2.46. The van der Waals surface area contributed by atoms with Crippen molar-refractivity contribution in [2.24, 2.45) is 0 Å². The van der Waals surface area contributed by atoms with Gasteiger partial charge in [-0.1, -0.05) is 12.1 Å². The van der Waals surface area contributed by atoms with Crippen molar-refractivity contribution in [2.45, 2.75) is 19.1 Å². The van der Waals surface area contributed by atoms with Gasteiger partial charge in [0.25, 0.3) is 0 Å². The standard InChI is InChI=1S/C12H16FNO2/c1-9-7-15-10(6-14-9)8-16-12-5-3-2-4-11(12)13/h2-5,9-10,14H,6-8H2,1H3. The SMILES string of the molecule is CC1COC(COc2ccccc2F)CN1. The molecule has 1 fully saturated rings. The van der Waals surface area contributed by atoms with Crippen molar-refractivity contribution >= 4 is 0 Å². The van der Waals surface area contributed by atoms with E-state index in [4.69, 9.17) is 9.47 Å². The largest absolute Gasteiger partial charge is 0.488 e. The van der Waals surface area contributed by atoms with E-state index < -0.39 is 0 Å². The summed E-state index contributed by atoms with van der Waals surface area (Å²) < 4.78 is 24.1. The van der Waals surface area contributed by atoms with Gasteiger partial charge in [0, 0.05) is 12.6 Å². The van der Waals surface area contributed by atoms with Crippen LogP contribution < -0.4 is 10.1 Å². The van der Waals surface area contributed by atoms with Gasteiger partial charge in [-0.2, -0.15) is 0 Å². The van der Waals surface area contributed by atoms with Crippen LogP contribution in [0.2, 0.25) is 0 Å². The molecule has 1 N–H and O–H groups in total. The normalized spacial score (nSPS) is 25.4. The summed E-state index contributed by atoms with van der Waals surface area (Å²) in [6.45, 7) is 3.86. The molecule has 2 atom stereocenters. The van der Waals surface area contributed by atoms with Crippen molar-refractivity contribution in [3.63, 3.8) is 0 Å². The number of hydrogen-bond donors (Lipinski definition) is 1. The van der Waals surface area contributed by atoms with E-state index in [0.717, 1.165) is 6.54 Å². The number of nitrogens with one attached hydrogen (secondary N) is 1. The first-order valence-corrected chi connectivity index (χ1v) is 5.48. The fraction of sp³-hybridized carbons (Fsp3) is 0.500. The van der Waals surface area contributed by atoms with E-state index in [9.17, 15) is 4.39 Å². The average molecular weight is 225 g/mol. The molecule has 16 heavy (non-hydrogen) atoms. The molecule has 1 heterocycles. The van der Waals surface area contributed by atoms with Crippen LogP contribution in [0.3, 0.4) is 0 Å². The Morgan fingerprint density at radius 1 is 1.50 bits per heavy atom. The first-order chi connectivity index (χ1) is 7.75. The molecule has 0 aromatic heterocycles. The third-order valence-corrected chi connectivity index (χ3v) is 2.54. The number of morpholine rings is 1. The Labute approximate surface area is 94.6 Å². The maximum atomic E-state index is 13.2. The van der Waals surface area contributed by atoms with E-state index in [1.165, 1.54) is 6.07 Å². The summed E-state index contributed by atoms with van der Waals surface area (Å²) in [7, 11) is 0. The Kier molecular flexibility index (Phi) is 3.74. The van der Waals surface area contributed by atoms with Crippen molar-refractivity contribution in [1.29, 1.82) is 0 Å². The predicted octanol–water partition coefficient (Wildman–Crippen LogP) is 1.58. The number of ether oxygens (including phenoxy) is 2. The highest BCUT2D eigenvalue weighted by atomic mass is 19.1. The van der Waals surface area contributed by atoms with Crippen molar-refractivity contribution in [1.82, 2.24) is 5.32 Å². The van der Waals surface area contributed by atoms with E-state index in [1.807, 2.05) is 0 Å². The zero-order valence-corrected chi connectivity index (χ0v) is 9.28. The van der Waals surface area contributed by atoms with Crippen molar-refractivity contribution in [2.75, 3.05) is 19.8 Å². The Bertz CT molecular complexity index is 338. The van der Waals surface area contributed by atoms with E-state index in [1.54, 1.807) is 18.2 Å². The summed E-state index contributed by atoms with van der Waals surface area (Å²) in [5, 5.41) is 3.28. The molecule has 4 heteroatoms. The zero-order chi connectivity index (χ0) is 11.4. The summed E-state index contributed by atoms with van der Waals surface area (Å²) in [6.07, 6.45) is -0.00388. The van der Waals surface area contributed by atoms with Crippen LogP contribution >= 0.6 is 0 Å². The van der Waals surface area contributed by atoms with Crippen LogP contribution in [0.25, 0.3) is 0 Å². The minimum Gasteiger partial charge on any atom is -0.488 e. The second-order valence-electron chi connectivity index (χ2n) is 4.01. The van der Waals surface area contributed by atoms with E-state index in [-0.39, 0.29) is 17.7 Å². The molecule has 0 amide bonds. The zero-order valence-electron chi connectivity index (χ0n) is 9.28. The average Bonchev–Trinajstić information content (AvgIpc) is 2.30. The number of benzene rings is 1. The Balaban J connectivity index is 1.81. The van der Waals surface area contributed by atoms with Gasteiger partial charge >= 0.3 is 0 Å². The molecule has 0 saturated carbocycles. The van der Waals surface area contributed by atoms with Gasteiger partial charge < -0.3 is 14.8 Å². The summed E-state index contributed by atoms with van der Waals surface area (Å²) in [6, 6.07) is 6.78. The lowest BCUT2D eigenvalue weighted by Gasteiger charge is -2.28. The van der Waals surface area contributed by atoms with Crippen LogP contribution in [0.1, 0.15) is 6.92 Å². The maximum Gasteiger partial charge on any atom is 0.165 e. The molecule has 1 saturated heterocycles. The lowest BCUT2D eigenvalue weighted by molar-refractivity contribution is -0.0171. The molecule has 2 unspecified atom stereocenters. The highest BCUT2D eigenvalue weighted by Gasteiger charge is 2.18. The van der Waals surface area contributed by atoms with Gasteiger partial charge in [0.2, 0.25) is 0 Å². The summed E-state index contributed by atoms with van der Waals surface area (Å²) in [5.41, 5.74) is 0. The van der Waals surface area contributed by atoms with Crippen molar-refractivity contribution < 1.29 is 13.9 Å². The fourth-order valence-corrected chi connectivity index (χ4v) is 1.58. The predicted molar refractivity (Wildman–Crippen MR) is 59.1 cm³/mol. The Hall–Kier alpha value is -1.13. The molecule has 0 spiro atoms. The monoisotopic (exact) mass is 225 g/mol. The quantitative estimate of drug-likeness (QED) is 0.847. The third kappa shape index (κ3) is 2.93. The molecule has 0 bridgehead atoms.